The second-order valence-electron chi connectivity index (χ2n) is 4.66. The fourth-order valence-electron chi connectivity index (χ4n) is 1.78. The number of carbonyl (C=O) groups is 2. The zero-order valence-corrected chi connectivity index (χ0v) is 12.0. The Hall–Kier alpha value is -2.83. The van der Waals surface area contributed by atoms with Gasteiger partial charge in [0.15, 0.2) is 23.6 Å². The summed E-state index contributed by atoms with van der Waals surface area (Å²) in [6.07, 6.45) is -0.432. The van der Waals surface area contributed by atoms with E-state index in [2.05, 4.69) is 5.32 Å². The first kappa shape index (κ1) is 16.5. The van der Waals surface area contributed by atoms with Gasteiger partial charge in [-0.1, -0.05) is 12.1 Å². The van der Waals surface area contributed by atoms with Crippen molar-refractivity contribution in [2.75, 3.05) is 5.32 Å². The number of halogens is 3. The molecule has 0 radical (unpaired) electrons. The smallest absolute Gasteiger partial charge is 0.265 e. The highest BCUT2D eigenvalue weighted by atomic mass is 19.2. The molecule has 0 bridgehead atoms. The minimum atomic E-state index is -1.67. The Kier molecular flexibility index (Phi) is 5.00. The van der Waals surface area contributed by atoms with Crippen molar-refractivity contribution in [2.45, 2.75) is 13.0 Å². The number of nitrogens with one attached hydrogen (secondary N) is 1. The Labute approximate surface area is 129 Å². The van der Waals surface area contributed by atoms with E-state index in [1.54, 1.807) is 12.1 Å². The first-order chi connectivity index (χ1) is 10.9. The van der Waals surface area contributed by atoms with E-state index in [4.69, 9.17) is 4.74 Å². The van der Waals surface area contributed by atoms with Crippen LogP contribution in [0.15, 0.2) is 36.4 Å². The lowest BCUT2D eigenvalue weighted by molar-refractivity contribution is -0.122. The molecular formula is C16H12F3NO3. The van der Waals surface area contributed by atoms with Crippen LogP contribution in [0.3, 0.4) is 0 Å². The van der Waals surface area contributed by atoms with E-state index in [1.165, 1.54) is 19.1 Å². The normalized spacial score (nSPS) is 11.7. The molecule has 0 aliphatic carbocycles. The highest BCUT2D eigenvalue weighted by Crippen LogP contribution is 2.20. The monoisotopic (exact) mass is 323 g/mol. The zero-order chi connectivity index (χ0) is 17.0. The number of aldehydes is 1. The molecule has 23 heavy (non-hydrogen) atoms. The van der Waals surface area contributed by atoms with Crippen LogP contribution in [0, 0.1) is 17.5 Å². The summed E-state index contributed by atoms with van der Waals surface area (Å²) in [6, 6.07) is 7.70. The van der Waals surface area contributed by atoms with Gasteiger partial charge >= 0.3 is 0 Å². The van der Waals surface area contributed by atoms with E-state index in [0.717, 1.165) is 6.07 Å². The molecule has 0 spiro atoms. The summed E-state index contributed by atoms with van der Waals surface area (Å²) in [7, 11) is 0. The van der Waals surface area contributed by atoms with Crippen LogP contribution in [-0.4, -0.2) is 18.3 Å². The van der Waals surface area contributed by atoms with Crippen LogP contribution in [0.5, 0.6) is 5.75 Å². The Bertz CT molecular complexity index is 749. The van der Waals surface area contributed by atoms with Crippen molar-refractivity contribution in [3.63, 3.8) is 0 Å². The Morgan fingerprint density at radius 2 is 1.91 bits per heavy atom. The van der Waals surface area contributed by atoms with E-state index < -0.39 is 35.2 Å². The van der Waals surface area contributed by atoms with Crippen molar-refractivity contribution in [3.05, 3.63) is 59.4 Å². The molecule has 0 fully saturated rings. The number of hydrogen-bond acceptors (Lipinski definition) is 3. The van der Waals surface area contributed by atoms with Crippen LogP contribution >= 0.6 is 0 Å². The number of ether oxygens (including phenoxy) is 1. The molecule has 0 saturated carbocycles. The number of benzene rings is 2. The van der Waals surface area contributed by atoms with Crippen molar-refractivity contribution in [1.82, 2.24) is 0 Å². The van der Waals surface area contributed by atoms with Crippen LogP contribution in [0.4, 0.5) is 18.9 Å². The molecule has 0 saturated heterocycles. The van der Waals surface area contributed by atoms with E-state index in [0.29, 0.717) is 17.9 Å². The van der Waals surface area contributed by atoms with Crippen LogP contribution in [0.25, 0.3) is 0 Å². The third-order valence-electron chi connectivity index (χ3n) is 2.97. The van der Waals surface area contributed by atoms with Gasteiger partial charge in [0, 0.05) is 5.56 Å². The van der Waals surface area contributed by atoms with Crippen LogP contribution in [0.2, 0.25) is 0 Å². The van der Waals surface area contributed by atoms with Gasteiger partial charge in [0.25, 0.3) is 5.91 Å². The third-order valence-corrected chi connectivity index (χ3v) is 2.97. The highest BCUT2D eigenvalue weighted by molar-refractivity contribution is 5.94. The van der Waals surface area contributed by atoms with Crippen LogP contribution in [-0.2, 0) is 4.79 Å². The van der Waals surface area contributed by atoms with E-state index in [-0.39, 0.29) is 5.75 Å². The molecule has 2 aromatic carbocycles. The first-order valence-electron chi connectivity index (χ1n) is 6.58. The summed E-state index contributed by atoms with van der Waals surface area (Å²) in [6.45, 7) is 1.39. The summed E-state index contributed by atoms with van der Waals surface area (Å²) < 4.78 is 44.8. The maximum atomic E-state index is 13.5. The molecule has 1 amide bonds. The van der Waals surface area contributed by atoms with Crippen molar-refractivity contribution >= 4 is 17.9 Å². The maximum absolute atomic E-state index is 13.5. The molecule has 1 N–H and O–H groups in total. The average Bonchev–Trinajstić information content (AvgIpc) is 2.55. The predicted octanol–water partition coefficient (Wildman–Crippen LogP) is 3.32. The van der Waals surface area contributed by atoms with Gasteiger partial charge in [-0.15, -0.1) is 0 Å². The molecule has 0 heterocycles. The van der Waals surface area contributed by atoms with Crippen molar-refractivity contribution in [2.24, 2.45) is 0 Å². The molecule has 7 heteroatoms. The fraction of sp³-hybridized carbons (Fsp3) is 0.125. The highest BCUT2D eigenvalue weighted by Gasteiger charge is 2.19. The molecule has 1 atom stereocenters. The molecule has 2 rings (SSSR count). The molecule has 0 unspecified atom stereocenters. The summed E-state index contributed by atoms with van der Waals surface area (Å²) in [5.41, 5.74) is -0.132. The fourth-order valence-corrected chi connectivity index (χ4v) is 1.78. The Morgan fingerprint density at radius 3 is 2.61 bits per heavy atom. The van der Waals surface area contributed by atoms with Crippen molar-refractivity contribution in [1.29, 1.82) is 0 Å². The molecule has 0 aliphatic heterocycles. The maximum Gasteiger partial charge on any atom is 0.265 e. The van der Waals surface area contributed by atoms with Gasteiger partial charge in [-0.05, 0) is 31.2 Å². The van der Waals surface area contributed by atoms with E-state index in [9.17, 15) is 22.8 Å². The quantitative estimate of drug-likeness (QED) is 0.678. The Balaban J connectivity index is 2.08. The molecule has 0 aromatic heterocycles. The van der Waals surface area contributed by atoms with Crippen LogP contribution < -0.4 is 10.1 Å². The zero-order valence-electron chi connectivity index (χ0n) is 12.0. The lowest BCUT2D eigenvalue weighted by atomic mass is 10.2. The lowest BCUT2D eigenvalue weighted by Crippen LogP contribution is -2.30. The van der Waals surface area contributed by atoms with Gasteiger partial charge in [-0.2, -0.15) is 0 Å². The number of anilines is 1. The lowest BCUT2D eigenvalue weighted by Gasteiger charge is -2.15. The van der Waals surface area contributed by atoms with Crippen molar-refractivity contribution < 1.29 is 27.5 Å². The second kappa shape index (κ2) is 6.95. The summed E-state index contributed by atoms with van der Waals surface area (Å²) >= 11 is 0. The largest absolute Gasteiger partial charge is 0.481 e. The average molecular weight is 323 g/mol. The van der Waals surface area contributed by atoms with Gasteiger partial charge < -0.3 is 10.1 Å². The minimum absolute atomic E-state index is 0.267. The summed E-state index contributed by atoms with van der Waals surface area (Å²) in [5, 5.41) is 2.11. The number of amides is 1. The number of carbonyl (C=O) groups excluding carboxylic acids is 2. The van der Waals surface area contributed by atoms with Gasteiger partial charge in [-0.3, -0.25) is 9.59 Å². The standard InChI is InChI=1S/C16H12F3NO3/c1-9(23-11-4-2-3-10(7-11)8-21)16(22)20-13-6-5-12(17)14(18)15(13)19/h2-9H,1H3,(H,20,22)/t9-/m1/s1. The van der Waals surface area contributed by atoms with Crippen molar-refractivity contribution in [3.8, 4) is 5.75 Å². The topological polar surface area (TPSA) is 55.4 Å². The van der Waals surface area contributed by atoms with Gasteiger partial charge in [-0.25, -0.2) is 13.2 Å². The van der Waals surface area contributed by atoms with Gasteiger partial charge in [0.2, 0.25) is 0 Å². The molecule has 120 valence electrons. The molecule has 2 aromatic rings. The molecule has 4 nitrogen and oxygen atoms in total. The molecular weight excluding hydrogens is 311 g/mol. The number of rotatable bonds is 5. The SMILES string of the molecule is C[C@@H](Oc1cccc(C=O)c1)C(=O)Nc1ccc(F)c(F)c1F. The van der Waals surface area contributed by atoms with Gasteiger partial charge in [0.1, 0.15) is 12.0 Å². The third kappa shape index (κ3) is 3.88. The number of hydrogen-bond donors (Lipinski definition) is 1. The first-order valence-corrected chi connectivity index (χ1v) is 6.58. The Morgan fingerprint density at radius 1 is 1.17 bits per heavy atom. The minimum Gasteiger partial charge on any atom is -0.481 e. The summed E-state index contributed by atoms with van der Waals surface area (Å²) in [4.78, 5) is 22.6. The molecule has 0 aliphatic rings. The van der Waals surface area contributed by atoms with E-state index in [1.807, 2.05) is 0 Å². The summed E-state index contributed by atoms with van der Waals surface area (Å²) in [5.74, 6) is -5.01. The van der Waals surface area contributed by atoms with Gasteiger partial charge in [0.05, 0.1) is 5.69 Å². The van der Waals surface area contributed by atoms with E-state index >= 15 is 0 Å². The van der Waals surface area contributed by atoms with Crippen LogP contribution in [0.1, 0.15) is 17.3 Å². The second-order valence-corrected chi connectivity index (χ2v) is 4.66. The predicted molar refractivity (Wildman–Crippen MR) is 76.9 cm³/mol.